The summed E-state index contributed by atoms with van der Waals surface area (Å²) in [6, 6.07) is 6.54. The van der Waals surface area contributed by atoms with Crippen molar-refractivity contribution in [3.63, 3.8) is 0 Å². The zero-order valence-electron chi connectivity index (χ0n) is 8.94. The van der Waals surface area contributed by atoms with Crippen molar-refractivity contribution in [1.29, 1.82) is 0 Å². The molecule has 16 heavy (non-hydrogen) atoms. The highest BCUT2D eigenvalue weighted by Gasteiger charge is 2.48. The minimum Gasteiger partial charge on any atom is -0.357 e. The van der Waals surface area contributed by atoms with Gasteiger partial charge in [-0.05, 0) is 36.6 Å². The van der Waals surface area contributed by atoms with E-state index >= 15 is 0 Å². The number of fused-ring (bicyclic) bond motifs is 4. The number of aromatic amines is 1. The van der Waals surface area contributed by atoms with Crippen LogP contribution in [0, 0.1) is 0 Å². The van der Waals surface area contributed by atoms with Crippen LogP contribution in [-0.2, 0) is 12.0 Å². The van der Waals surface area contributed by atoms with Gasteiger partial charge < -0.3 is 10.3 Å². The van der Waals surface area contributed by atoms with Crippen molar-refractivity contribution < 1.29 is 0 Å². The van der Waals surface area contributed by atoms with Gasteiger partial charge in [-0.3, -0.25) is 0 Å². The first-order valence-electron chi connectivity index (χ1n) is 5.80. The van der Waals surface area contributed by atoms with Crippen molar-refractivity contribution in [1.82, 2.24) is 10.3 Å². The van der Waals surface area contributed by atoms with Gasteiger partial charge in [0.25, 0.3) is 0 Å². The van der Waals surface area contributed by atoms with Gasteiger partial charge >= 0.3 is 0 Å². The number of aromatic nitrogens is 1. The molecule has 2 heterocycles. The topological polar surface area (TPSA) is 27.8 Å². The monoisotopic (exact) mass is 276 g/mol. The molecule has 1 aliphatic heterocycles. The maximum absolute atomic E-state index is 3.57. The van der Waals surface area contributed by atoms with Crippen LogP contribution in [0.1, 0.15) is 24.1 Å². The minimum atomic E-state index is 0.451. The SMILES string of the molecule is Brc1ccc2[nH]c3c(c2c1)C1(CC1)CNC3. The normalized spacial score (nSPS) is 21.3. The summed E-state index contributed by atoms with van der Waals surface area (Å²) >= 11 is 3.57. The predicted molar refractivity (Wildman–Crippen MR) is 68.6 cm³/mol. The van der Waals surface area contributed by atoms with Gasteiger partial charge in [-0.25, -0.2) is 0 Å². The average molecular weight is 277 g/mol. The van der Waals surface area contributed by atoms with Gasteiger partial charge in [0.1, 0.15) is 0 Å². The van der Waals surface area contributed by atoms with Crippen LogP contribution in [0.2, 0.25) is 0 Å². The van der Waals surface area contributed by atoms with Crippen molar-refractivity contribution in [2.45, 2.75) is 24.8 Å². The standard InChI is InChI=1S/C13H13BrN2/c14-8-1-2-10-9(5-8)12-11(16-10)6-15-7-13(12)3-4-13/h1-2,5,15-16H,3-4,6-7H2. The van der Waals surface area contributed by atoms with Crippen molar-refractivity contribution >= 4 is 26.8 Å². The Morgan fingerprint density at radius 1 is 1.25 bits per heavy atom. The molecule has 2 aliphatic rings. The fourth-order valence-corrected chi connectivity index (χ4v) is 3.41. The van der Waals surface area contributed by atoms with Crippen LogP contribution < -0.4 is 5.32 Å². The molecule has 1 aromatic carbocycles. The molecule has 1 fully saturated rings. The lowest BCUT2D eigenvalue weighted by Crippen LogP contribution is -2.32. The van der Waals surface area contributed by atoms with Gasteiger partial charge in [0.2, 0.25) is 0 Å². The van der Waals surface area contributed by atoms with E-state index in [4.69, 9.17) is 0 Å². The predicted octanol–water partition coefficient (Wildman–Crippen LogP) is 3.07. The van der Waals surface area contributed by atoms with Crippen molar-refractivity contribution in [3.8, 4) is 0 Å². The lowest BCUT2D eigenvalue weighted by molar-refractivity contribution is 0.529. The maximum Gasteiger partial charge on any atom is 0.0460 e. The summed E-state index contributed by atoms with van der Waals surface area (Å²) in [5, 5.41) is 4.95. The van der Waals surface area contributed by atoms with Crippen LogP contribution in [0.4, 0.5) is 0 Å². The molecule has 0 saturated heterocycles. The number of hydrogen-bond donors (Lipinski definition) is 2. The first-order chi connectivity index (χ1) is 7.78. The van der Waals surface area contributed by atoms with Crippen LogP contribution >= 0.6 is 15.9 Å². The minimum absolute atomic E-state index is 0.451. The second kappa shape index (κ2) is 2.90. The van der Waals surface area contributed by atoms with Crippen LogP contribution in [0.25, 0.3) is 10.9 Å². The van der Waals surface area contributed by atoms with Gasteiger partial charge in [-0.15, -0.1) is 0 Å². The zero-order valence-corrected chi connectivity index (χ0v) is 10.5. The van der Waals surface area contributed by atoms with E-state index in [2.05, 4.69) is 44.4 Å². The quantitative estimate of drug-likeness (QED) is 0.761. The highest BCUT2D eigenvalue weighted by atomic mass is 79.9. The Balaban J connectivity index is 2.08. The van der Waals surface area contributed by atoms with E-state index < -0.39 is 0 Å². The molecule has 1 spiro atoms. The molecule has 0 atom stereocenters. The molecule has 1 aromatic heterocycles. The third kappa shape index (κ3) is 1.10. The molecule has 1 aliphatic carbocycles. The third-order valence-corrected chi connectivity index (χ3v) is 4.48. The lowest BCUT2D eigenvalue weighted by Gasteiger charge is -2.23. The summed E-state index contributed by atoms with van der Waals surface area (Å²) < 4.78 is 1.18. The van der Waals surface area contributed by atoms with E-state index in [1.165, 1.54) is 33.9 Å². The van der Waals surface area contributed by atoms with Gasteiger partial charge in [-0.2, -0.15) is 0 Å². The molecule has 0 bridgehead atoms. The Morgan fingerprint density at radius 2 is 2.12 bits per heavy atom. The molecule has 0 unspecified atom stereocenters. The molecule has 4 rings (SSSR count). The van der Waals surface area contributed by atoms with Crippen LogP contribution in [-0.4, -0.2) is 11.5 Å². The molecule has 2 N–H and O–H groups in total. The smallest absolute Gasteiger partial charge is 0.0460 e. The van der Waals surface area contributed by atoms with Gasteiger partial charge in [0, 0.05) is 39.6 Å². The number of rotatable bonds is 0. The van der Waals surface area contributed by atoms with Gasteiger partial charge in [0.05, 0.1) is 0 Å². The van der Waals surface area contributed by atoms with Crippen LogP contribution in [0.3, 0.4) is 0 Å². The van der Waals surface area contributed by atoms with E-state index in [1.54, 1.807) is 5.56 Å². The van der Waals surface area contributed by atoms with Crippen LogP contribution in [0.5, 0.6) is 0 Å². The van der Waals surface area contributed by atoms with E-state index in [0.29, 0.717) is 5.41 Å². The van der Waals surface area contributed by atoms with E-state index in [0.717, 1.165) is 13.1 Å². The summed E-state index contributed by atoms with van der Waals surface area (Å²) in [5.74, 6) is 0. The largest absolute Gasteiger partial charge is 0.357 e. The summed E-state index contributed by atoms with van der Waals surface area (Å²) in [4.78, 5) is 3.56. The maximum atomic E-state index is 3.57. The van der Waals surface area contributed by atoms with Crippen molar-refractivity contribution in [2.75, 3.05) is 6.54 Å². The first kappa shape index (κ1) is 9.25. The summed E-state index contributed by atoms with van der Waals surface area (Å²) in [6.45, 7) is 2.14. The highest BCUT2D eigenvalue weighted by molar-refractivity contribution is 9.10. The average Bonchev–Trinajstić information content (AvgIpc) is 2.92. The third-order valence-electron chi connectivity index (χ3n) is 3.99. The first-order valence-corrected chi connectivity index (χ1v) is 6.59. The summed E-state index contributed by atoms with van der Waals surface area (Å²) in [7, 11) is 0. The Hall–Kier alpha value is -0.800. The molecule has 2 aromatic rings. The fraction of sp³-hybridized carbons (Fsp3) is 0.385. The van der Waals surface area contributed by atoms with Gasteiger partial charge in [0.15, 0.2) is 0 Å². The molecular weight excluding hydrogens is 264 g/mol. The molecule has 1 saturated carbocycles. The number of H-pyrrole nitrogens is 1. The summed E-state index contributed by atoms with van der Waals surface area (Å²) in [5.41, 5.74) is 4.72. The van der Waals surface area contributed by atoms with E-state index in [9.17, 15) is 0 Å². The second-order valence-electron chi connectivity index (χ2n) is 5.05. The Bertz CT molecular complexity index is 581. The molecule has 0 radical (unpaired) electrons. The number of benzene rings is 1. The molecule has 82 valence electrons. The van der Waals surface area contributed by atoms with E-state index in [-0.39, 0.29) is 0 Å². The zero-order chi connectivity index (χ0) is 10.8. The molecular formula is C13H13BrN2. The van der Waals surface area contributed by atoms with E-state index in [1.807, 2.05) is 0 Å². The number of hydrogen-bond acceptors (Lipinski definition) is 1. The van der Waals surface area contributed by atoms with Crippen molar-refractivity contribution in [2.24, 2.45) is 0 Å². The summed E-state index contributed by atoms with van der Waals surface area (Å²) in [6.07, 6.45) is 2.68. The Labute approximate surface area is 103 Å². The van der Waals surface area contributed by atoms with Crippen LogP contribution in [0.15, 0.2) is 22.7 Å². The number of nitrogens with one attached hydrogen (secondary N) is 2. The Kier molecular flexibility index (Phi) is 1.68. The van der Waals surface area contributed by atoms with Crippen molar-refractivity contribution in [3.05, 3.63) is 33.9 Å². The molecule has 3 heteroatoms. The number of halogens is 1. The lowest BCUT2D eigenvalue weighted by atomic mass is 9.90. The highest BCUT2D eigenvalue weighted by Crippen LogP contribution is 2.53. The second-order valence-corrected chi connectivity index (χ2v) is 5.97. The molecule has 0 amide bonds. The fourth-order valence-electron chi connectivity index (χ4n) is 3.05. The van der Waals surface area contributed by atoms with Gasteiger partial charge in [-0.1, -0.05) is 15.9 Å². The molecule has 2 nitrogen and oxygen atoms in total. The Morgan fingerprint density at radius 3 is 2.94 bits per heavy atom.